The lowest BCUT2D eigenvalue weighted by Gasteiger charge is -2.06. The van der Waals surface area contributed by atoms with Gasteiger partial charge in [-0.3, -0.25) is 0 Å². The summed E-state index contributed by atoms with van der Waals surface area (Å²) in [6.45, 7) is 0. The van der Waals surface area contributed by atoms with Crippen LogP contribution in [0.3, 0.4) is 0 Å². The predicted molar refractivity (Wildman–Crippen MR) is 70.6 cm³/mol. The van der Waals surface area contributed by atoms with Crippen molar-refractivity contribution in [3.63, 3.8) is 0 Å². The Morgan fingerprint density at radius 3 is 2.14 bits per heavy atom. The molecule has 1 aromatic carbocycles. The van der Waals surface area contributed by atoms with Crippen LogP contribution in [0.1, 0.15) is 12.0 Å². The number of hydrogen-bond donors (Lipinski definition) is 0. The maximum absolute atomic E-state index is 5.79. The van der Waals surface area contributed by atoms with Crippen LogP contribution in [0, 0.1) is 0 Å². The molecule has 0 aliphatic rings. The normalized spacial score (nSPS) is 11.7. The molecule has 0 aromatic heterocycles. The summed E-state index contributed by atoms with van der Waals surface area (Å²) in [7, 11) is 0. The molecule has 1 rings (SSSR count). The average molecular weight is 333 g/mol. The van der Waals surface area contributed by atoms with Crippen LogP contribution in [-0.2, 0) is 6.42 Å². The maximum Gasteiger partial charge on any atom is 0.341 e. The van der Waals surface area contributed by atoms with Crippen LogP contribution >= 0.6 is 49.2 Å². The van der Waals surface area contributed by atoms with E-state index in [1.165, 1.54) is 5.56 Å². The van der Waals surface area contributed by atoms with Crippen molar-refractivity contribution in [1.82, 2.24) is 0 Å². The molecule has 0 fully saturated rings. The number of halogens is 4. The molecule has 0 atom stereocenters. The summed E-state index contributed by atoms with van der Waals surface area (Å²) in [6.07, 6.45) is 1.93. The minimum absolute atomic E-state index is 0.730. The largest absolute Gasteiger partial charge is 0.341 e. The Bertz CT molecular complexity index is 281. The van der Waals surface area contributed by atoms with Gasteiger partial charge >= 0.3 is 6.00 Å². The van der Waals surface area contributed by atoms with Gasteiger partial charge < -0.3 is 0 Å². The van der Waals surface area contributed by atoms with Crippen LogP contribution in [0.15, 0.2) is 28.7 Å². The van der Waals surface area contributed by atoms with Crippen LogP contribution in [0.25, 0.3) is 0 Å². The van der Waals surface area contributed by atoms with Crippen LogP contribution in [-0.4, -0.2) is 6.00 Å². The molecule has 0 aliphatic carbocycles. The fraction of sp³-hybridized carbons (Fsp3) is 0.333. The quantitative estimate of drug-likeness (QED) is 0.535. The van der Waals surface area contributed by atoms with E-state index in [0.29, 0.717) is 0 Å². The highest BCUT2D eigenvalue weighted by Gasteiger charge is 2.23. The highest BCUT2D eigenvalue weighted by molar-refractivity contribution is 9.10. The molecule has 0 radical (unpaired) electrons. The van der Waals surface area contributed by atoms with E-state index in [-0.39, 0.29) is 0 Å². The van der Waals surface area contributed by atoms with E-state index in [0.717, 1.165) is 23.4 Å². The topological polar surface area (TPSA) is 0 Å². The molecule has 0 nitrogen and oxygen atoms in total. The van der Waals surface area contributed by atoms with Crippen LogP contribution in [0.2, 0.25) is 6.04 Å². The second-order valence-electron chi connectivity index (χ2n) is 3.10. The first-order valence-electron chi connectivity index (χ1n) is 4.28. The molecule has 5 heteroatoms. The Morgan fingerprint density at radius 2 is 1.64 bits per heavy atom. The van der Waals surface area contributed by atoms with E-state index in [4.69, 9.17) is 33.2 Å². The van der Waals surface area contributed by atoms with E-state index < -0.39 is 6.00 Å². The molecule has 0 bridgehead atoms. The third kappa shape index (κ3) is 5.62. The van der Waals surface area contributed by atoms with Crippen LogP contribution in [0.4, 0.5) is 0 Å². The van der Waals surface area contributed by atoms with E-state index in [1.807, 2.05) is 12.1 Å². The monoisotopic (exact) mass is 330 g/mol. The zero-order chi connectivity index (χ0) is 10.6. The van der Waals surface area contributed by atoms with Gasteiger partial charge in [0, 0.05) is 4.47 Å². The van der Waals surface area contributed by atoms with Crippen molar-refractivity contribution < 1.29 is 0 Å². The molecule has 0 amide bonds. The molecule has 14 heavy (non-hydrogen) atoms. The van der Waals surface area contributed by atoms with Crippen LogP contribution in [0.5, 0.6) is 0 Å². The third-order valence-corrected chi connectivity index (χ3v) is 4.99. The Balaban J connectivity index is 2.35. The summed E-state index contributed by atoms with van der Waals surface area (Å²) in [5.41, 5.74) is 1.29. The van der Waals surface area contributed by atoms with E-state index in [9.17, 15) is 0 Å². The van der Waals surface area contributed by atoms with Gasteiger partial charge in [0.15, 0.2) is 0 Å². The molecule has 0 N–H and O–H groups in total. The van der Waals surface area contributed by atoms with E-state index >= 15 is 0 Å². The third-order valence-electron chi connectivity index (χ3n) is 1.84. The maximum atomic E-state index is 5.79. The molecule has 78 valence electrons. The van der Waals surface area contributed by atoms with Gasteiger partial charge in [-0.05, 0) is 36.6 Å². The standard InChI is InChI=1S/C9H10BrCl3Si/c10-9-5-3-8(4-6-9)2-1-7-14(11,12)13/h3-6H,1-2,7H2. The summed E-state index contributed by atoms with van der Waals surface area (Å²) in [4.78, 5) is 0. The average Bonchev–Trinajstić information content (AvgIpc) is 2.06. The van der Waals surface area contributed by atoms with Crippen LogP contribution < -0.4 is 0 Å². The predicted octanol–water partition coefficient (Wildman–Crippen LogP) is 5.04. The lowest BCUT2D eigenvalue weighted by atomic mass is 10.1. The summed E-state index contributed by atoms with van der Waals surface area (Å²) in [6, 6.07) is 6.55. The Hall–Kier alpha value is 0.787. The number of aryl methyl sites for hydroxylation is 1. The Morgan fingerprint density at radius 1 is 1.07 bits per heavy atom. The Labute approximate surface area is 108 Å². The fourth-order valence-electron chi connectivity index (χ4n) is 1.14. The molecule has 0 saturated carbocycles. The van der Waals surface area contributed by atoms with Gasteiger partial charge in [-0.25, -0.2) is 0 Å². The number of hydrogen-bond acceptors (Lipinski definition) is 0. The van der Waals surface area contributed by atoms with Gasteiger partial charge in [0.1, 0.15) is 0 Å². The van der Waals surface area contributed by atoms with Gasteiger partial charge in [-0.2, -0.15) is 0 Å². The molecule has 0 heterocycles. The molecular formula is C9H10BrCl3Si. The zero-order valence-electron chi connectivity index (χ0n) is 7.44. The Kier molecular flexibility index (Phi) is 5.29. The van der Waals surface area contributed by atoms with Crippen molar-refractivity contribution in [1.29, 1.82) is 0 Å². The van der Waals surface area contributed by atoms with E-state index in [2.05, 4.69) is 28.1 Å². The molecule has 0 aliphatic heterocycles. The summed E-state index contributed by atoms with van der Waals surface area (Å²) in [5, 5.41) is 0. The van der Waals surface area contributed by atoms with Crippen molar-refractivity contribution >= 4 is 55.2 Å². The summed E-state index contributed by atoms with van der Waals surface area (Å²) in [5.74, 6) is 0. The number of rotatable bonds is 4. The number of benzene rings is 1. The SMILES string of the molecule is Cl[Si](Cl)(Cl)CCCc1ccc(Br)cc1. The molecule has 0 unspecified atom stereocenters. The minimum atomic E-state index is -2.41. The molecular weight excluding hydrogens is 322 g/mol. The van der Waals surface area contributed by atoms with Crippen molar-refractivity contribution in [2.45, 2.75) is 18.9 Å². The van der Waals surface area contributed by atoms with Crippen molar-refractivity contribution in [3.8, 4) is 0 Å². The lowest BCUT2D eigenvalue weighted by Crippen LogP contribution is -2.08. The van der Waals surface area contributed by atoms with Gasteiger partial charge in [-0.1, -0.05) is 28.1 Å². The van der Waals surface area contributed by atoms with Gasteiger partial charge in [-0.15, -0.1) is 33.2 Å². The highest BCUT2D eigenvalue weighted by atomic mass is 79.9. The van der Waals surface area contributed by atoms with Gasteiger partial charge in [0.25, 0.3) is 0 Å². The first-order chi connectivity index (χ1) is 6.47. The van der Waals surface area contributed by atoms with E-state index in [1.54, 1.807) is 0 Å². The van der Waals surface area contributed by atoms with Crippen molar-refractivity contribution in [2.75, 3.05) is 0 Å². The second kappa shape index (κ2) is 5.76. The summed E-state index contributed by atoms with van der Waals surface area (Å²) < 4.78 is 1.09. The zero-order valence-corrected chi connectivity index (χ0v) is 12.3. The molecule has 1 aromatic rings. The second-order valence-corrected chi connectivity index (χ2v) is 13.3. The smallest absolute Gasteiger partial charge is 0.126 e. The van der Waals surface area contributed by atoms with Gasteiger partial charge in [0.2, 0.25) is 0 Å². The molecule has 0 saturated heterocycles. The first kappa shape index (κ1) is 12.9. The van der Waals surface area contributed by atoms with Crippen molar-refractivity contribution in [2.24, 2.45) is 0 Å². The highest BCUT2D eigenvalue weighted by Crippen LogP contribution is 2.27. The first-order valence-corrected chi connectivity index (χ1v) is 10.3. The fourth-order valence-corrected chi connectivity index (χ4v) is 3.19. The summed E-state index contributed by atoms with van der Waals surface area (Å²) >= 11 is 20.7. The lowest BCUT2D eigenvalue weighted by molar-refractivity contribution is 0.914. The minimum Gasteiger partial charge on any atom is -0.126 e. The van der Waals surface area contributed by atoms with Crippen molar-refractivity contribution in [3.05, 3.63) is 34.3 Å². The van der Waals surface area contributed by atoms with Gasteiger partial charge in [0.05, 0.1) is 0 Å². The molecule has 0 spiro atoms.